The number of fused-ring (bicyclic) bond motifs is 3. The molecular weight excluding hydrogens is 154 g/mol. The van der Waals surface area contributed by atoms with Crippen LogP contribution in [0.15, 0.2) is 16.2 Å². The van der Waals surface area contributed by atoms with E-state index in [1.54, 1.807) is 0 Å². The average molecular weight is 157 g/mol. The van der Waals surface area contributed by atoms with Crippen molar-refractivity contribution in [2.75, 3.05) is 0 Å². The van der Waals surface area contributed by atoms with Gasteiger partial charge in [-0.3, -0.25) is 9.59 Å². The van der Waals surface area contributed by atoms with Crippen LogP contribution in [0.4, 0.5) is 0 Å². The third-order valence-electron chi connectivity index (χ3n) is 2.19. The minimum absolute atomic E-state index is 0.0375. The minimum Gasteiger partial charge on any atom is -0.288 e. The molecule has 0 unspecified atom stereocenters. The van der Waals surface area contributed by atoms with Gasteiger partial charge in [0.15, 0.2) is 5.43 Å². The Morgan fingerprint density at radius 1 is 1.08 bits per heavy atom. The van der Waals surface area contributed by atoms with Gasteiger partial charge in [-0.05, 0) is 6.08 Å². The first-order valence-electron chi connectivity index (χ1n) is 3.55. The van der Waals surface area contributed by atoms with Crippen molar-refractivity contribution in [3.63, 3.8) is 0 Å². The first-order valence-corrected chi connectivity index (χ1v) is 3.55. The number of rotatable bonds is 1. The second-order valence-corrected chi connectivity index (χ2v) is 2.83. The summed E-state index contributed by atoms with van der Waals surface area (Å²) in [5, 5.41) is 1.72. The van der Waals surface area contributed by atoms with E-state index < -0.39 is 0 Å². The molecule has 0 fully saturated rings. The molecule has 0 atom stereocenters. The van der Waals surface area contributed by atoms with E-state index in [2.05, 4.69) is 11.6 Å². The first-order chi connectivity index (χ1) is 5.75. The summed E-state index contributed by atoms with van der Waals surface area (Å²) < 4.78 is 0. The van der Waals surface area contributed by atoms with Gasteiger partial charge in [0.25, 0.3) is 0 Å². The van der Waals surface area contributed by atoms with E-state index in [4.69, 9.17) is 0 Å². The number of aromatic nitrogens is 1. The Balaban J connectivity index is 2.68. The molecule has 3 aromatic rings. The molecule has 0 radical (unpaired) electrons. The molecule has 0 spiro atoms. The van der Waals surface area contributed by atoms with Crippen LogP contribution in [0.3, 0.4) is 0 Å². The summed E-state index contributed by atoms with van der Waals surface area (Å²) in [6, 6.07) is 0. The van der Waals surface area contributed by atoms with Crippen molar-refractivity contribution in [3.05, 3.63) is 32.7 Å². The largest absolute Gasteiger partial charge is 0.288 e. The molecule has 3 nitrogen and oxygen atoms in total. The van der Waals surface area contributed by atoms with Crippen LogP contribution in [0.1, 0.15) is 5.69 Å². The Morgan fingerprint density at radius 2 is 1.83 bits per heavy atom. The van der Waals surface area contributed by atoms with Crippen LogP contribution in [0.5, 0.6) is 0 Å². The molecule has 0 bridgehead atoms. The molecule has 3 heteroatoms. The van der Waals surface area contributed by atoms with Gasteiger partial charge in [-0.2, -0.15) is 0 Å². The number of hydrogen-bond acceptors (Lipinski definition) is 3. The first kappa shape index (κ1) is 5.83. The SMILES string of the molecule is C=Cc1nc2c(=O)c2c2c(=O)c12. The molecule has 2 aromatic carbocycles. The molecule has 0 aliphatic heterocycles. The Morgan fingerprint density at radius 3 is 2.50 bits per heavy atom. The fourth-order valence-corrected chi connectivity index (χ4v) is 1.48. The molecular formula is C9H3NO2. The van der Waals surface area contributed by atoms with Gasteiger partial charge < -0.3 is 0 Å². The second kappa shape index (κ2) is 1.39. The number of nitrogens with zero attached hydrogens (tertiary/aromatic N) is 1. The van der Waals surface area contributed by atoms with Gasteiger partial charge in [-0.1, -0.05) is 6.58 Å². The number of hydrogen-bond donors (Lipinski definition) is 0. The van der Waals surface area contributed by atoms with Crippen molar-refractivity contribution in [2.45, 2.75) is 0 Å². The van der Waals surface area contributed by atoms with Gasteiger partial charge in [-0.15, -0.1) is 0 Å². The molecule has 56 valence electrons. The van der Waals surface area contributed by atoms with Crippen molar-refractivity contribution in [2.24, 2.45) is 0 Å². The van der Waals surface area contributed by atoms with E-state index in [9.17, 15) is 9.59 Å². The predicted molar refractivity (Wildman–Crippen MR) is 46.6 cm³/mol. The smallest absolute Gasteiger partial charge is 0.215 e. The van der Waals surface area contributed by atoms with Crippen LogP contribution in [0.25, 0.3) is 27.8 Å². The molecule has 0 amide bonds. The van der Waals surface area contributed by atoms with Crippen LogP contribution in [-0.2, 0) is 0 Å². The van der Waals surface area contributed by atoms with Gasteiger partial charge in [0.1, 0.15) is 5.52 Å². The molecule has 0 saturated carbocycles. The molecule has 1 aromatic heterocycles. The lowest BCUT2D eigenvalue weighted by molar-refractivity contribution is 1.44. The maximum absolute atomic E-state index is 11.1. The standard InChI is InChI=1S/C9H3NO2/c1-2-3-4-5(8(4)11)6-7(10-3)9(6)12/h2H,1H2. The monoisotopic (exact) mass is 157 g/mol. The quantitative estimate of drug-likeness (QED) is 0.516. The van der Waals surface area contributed by atoms with Crippen molar-refractivity contribution in [1.29, 1.82) is 0 Å². The Labute approximate surface area is 66.3 Å². The van der Waals surface area contributed by atoms with Crippen LogP contribution >= 0.6 is 0 Å². The Hall–Kier alpha value is -1.77. The molecule has 0 saturated heterocycles. The highest BCUT2D eigenvalue weighted by atomic mass is 16.1. The van der Waals surface area contributed by atoms with Gasteiger partial charge >= 0.3 is 0 Å². The third-order valence-corrected chi connectivity index (χ3v) is 2.19. The molecule has 0 aliphatic rings. The maximum atomic E-state index is 11.1. The molecule has 0 aliphatic carbocycles. The van der Waals surface area contributed by atoms with Crippen molar-refractivity contribution in [3.8, 4) is 0 Å². The van der Waals surface area contributed by atoms with E-state index in [1.807, 2.05) is 0 Å². The highest BCUT2D eigenvalue weighted by Crippen LogP contribution is 2.29. The van der Waals surface area contributed by atoms with Gasteiger partial charge in [0, 0.05) is 5.39 Å². The summed E-state index contributed by atoms with van der Waals surface area (Å²) in [7, 11) is 0. The van der Waals surface area contributed by atoms with E-state index in [0.717, 1.165) is 0 Å². The lowest BCUT2D eigenvalue weighted by Crippen LogP contribution is -1.79. The van der Waals surface area contributed by atoms with Crippen molar-refractivity contribution >= 4 is 27.8 Å². The molecule has 1 heterocycles. The van der Waals surface area contributed by atoms with Crippen LogP contribution in [0.2, 0.25) is 0 Å². The van der Waals surface area contributed by atoms with E-state index in [-0.39, 0.29) is 10.9 Å². The van der Waals surface area contributed by atoms with E-state index in [1.165, 1.54) is 6.08 Å². The molecule has 12 heavy (non-hydrogen) atoms. The summed E-state index contributed by atoms with van der Waals surface area (Å²) in [5.41, 5.74) is 0.892. The lowest BCUT2D eigenvalue weighted by Gasteiger charge is -1.80. The fraction of sp³-hybridized carbons (Fsp3) is 0. The van der Waals surface area contributed by atoms with Crippen molar-refractivity contribution < 1.29 is 0 Å². The zero-order valence-electron chi connectivity index (χ0n) is 6.05. The van der Waals surface area contributed by atoms with E-state index >= 15 is 0 Å². The highest BCUT2D eigenvalue weighted by molar-refractivity contribution is 6.23. The van der Waals surface area contributed by atoms with E-state index in [0.29, 0.717) is 27.4 Å². The molecule has 3 rings (SSSR count). The summed E-state index contributed by atoms with van der Waals surface area (Å²) >= 11 is 0. The van der Waals surface area contributed by atoms with Crippen LogP contribution in [-0.4, -0.2) is 4.98 Å². The van der Waals surface area contributed by atoms with Gasteiger partial charge in [0.05, 0.1) is 16.5 Å². The van der Waals surface area contributed by atoms with Crippen LogP contribution in [0, 0.1) is 0 Å². The Kier molecular flexibility index (Phi) is 0.674. The van der Waals surface area contributed by atoms with Gasteiger partial charge in [0.2, 0.25) is 5.43 Å². The highest BCUT2D eigenvalue weighted by Gasteiger charge is 2.29. The maximum Gasteiger partial charge on any atom is 0.215 e. The topological polar surface area (TPSA) is 47.0 Å². The fourth-order valence-electron chi connectivity index (χ4n) is 1.48. The second-order valence-electron chi connectivity index (χ2n) is 2.83. The third kappa shape index (κ3) is 0.414. The summed E-state index contributed by atoms with van der Waals surface area (Å²) in [5.74, 6) is 0. The van der Waals surface area contributed by atoms with Gasteiger partial charge in [-0.25, -0.2) is 4.98 Å². The summed E-state index contributed by atoms with van der Waals surface area (Å²) in [6.07, 6.45) is 1.51. The van der Waals surface area contributed by atoms with Crippen molar-refractivity contribution in [1.82, 2.24) is 4.98 Å². The zero-order chi connectivity index (χ0) is 8.46. The predicted octanol–water partition coefficient (Wildman–Crippen LogP) is 0.503. The average Bonchev–Trinajstić information content (AvgIpc) is 2.91. The normalized spacial score (nSPS) is 12.3. The summed E-state index contributed by atoms with van der Waals surface area (Å²) in [6.45, 7) is 3.52. The van der Waals surface area contributed by atoms with Crippen LogP contribution < -0.4 is 10.9 Å². The number of pyridine rings is 1. The minimum atomic E-state index is -0.0785. The lowest BCUT2D eigenvalue weighted by atomic mass is 10.3. The molecule has 0 N–H and O–H groups in total. The zero-order valence-corrected chi connectivity index (χ0v) is 6.05. The Bertz CT molecular complexity index is 658. The summed E-state index contributed by atoms with van der Waals surface area (Å²) in [4.78, 5) is 26.0.